The number of carboxylic acids is 1. The molecule has 2 aromatic rings. The van der Waals surface area contributed by atoms with Crippen molar-refractivity contribution in [1.82, 2.24) is 5.32 Å². The zero-order chi connectivity index (χ0) is 18.4. The predicted molar refractivity (Wildman–Crippen MR) is 98.0 cm³/mol. The lowest BCUT2D eigenvalue weighted by molar-refractivity contribution is -0.139. The van der Waals surface area contributed by atoms with Gasteiger partial charge in [-0.05, 0) is 24.0 Å². The van der Waals surface area contributed by atoms with Crippen LogP contribution in [0.5, 0.6) is 0 Å². The number of carbonyl (C=O) groups is 2. The second-order valence-electron chi connectivity index (χ2n) is 6.57. The Labute approximate surface area is 153 Å². The molecule has 3 rings (SSSR count). The summed E-state index contributed by atoms with van der Waals surface area (Å²) in [6.45, 7) is 1.10. The number of carboxylic acid groups (broad SMARTS) is 1. The molecule has 136 valence electrons. The molecule has 1 aliphatic rings. The molecular formula is C21H23NO4. The van der Waals surface area contributed by atoms with Gasteiger partial charge in [-0.25, -0.2) is 0 Å². The number of hydrogen-bond donors (Lipinski definition) is 2. The summed E-state index contributed by atoms with van der Waals surface area (Å²) in [7, 11) is 0. The Hall–Kier alpha value is -2.66. The van der Waals surface area contributed by atoms with Crippen molar-refractivity contribution in [3.63, 3.8) is 0 Å². The van der Waals surface area contributed by atoms with Crippen LogP contribution in [0.1, 0.15) is 29.9 Å². The highest BCUT2D eigenvalue weighted by atomic mass is 16.5. The van der Waals surface area contributed by atoms with E-state index in [1.807, 2.05) is 36.4 Å². The van der Waals surface area contributed by atoms with E-state index in [1.54, 1.807) is 24.3 Å². The average molecular weight is 353 g/mol. The van der Waals surface area contributed by atoms with Gasteiger partial charge in [-0.3, -0.25) is 9.59 Å². The number of rotatable bonds is 6. The molecule has 26 heavy (non-hydrogen) atoms. The molecule has 0 saturated carbocycles. The lowest BCUT2D eigenvalue weighted by atomic mass is 9.73. The molecule has 1 atom stereocenters. The van der Waals surface area contributed by atoms with Crippen molar-refractivity contribution >= 4 is 11.9 Å². The van der Waals surface area contributed by atoms with E-state index >= 15 is 0 Å². The largest absolute Gasteiger partial charge is 0.481 e. The summed E-state index contributed by atoms with van der Waals surface area (Å²) in [5.74, 6) is -1.85. The molecular weight excluding hydrogens is 330 g/mol. The number of carbonyl (C=O) groups excluding carboxylic acids is 1. The zero-order valence-corrected chi connectivity index (χ0v) is 14.6. The minimum Gasteiger partial charge on any atom is -0.481 e. The highest BCUT2D eigenvalue weighted by Crippen LogP contribution is 2.35. The second-order valence-corrected chi connectivity index (χ2v) is 6.57. The van der Waals surface area contributed by atoms with Crippen LogP contribution in [-0.2, 0) is 19.7 Å². The molecule has 0 aromatic heterocycles. The molecule has 1 saturated heterocycles. The number of hydrogen-bond acceptors (Lipinski definition) is 3. The number of amides is 1. The van der Waals surface area contributed by atoms with E-state index in [0.717, 1.165) is 5.56 Å². The van der Waals surface area contributed by atoms with Crippen molar-refractivity contribution < 1.29 is 19.4 Å². The van der Waals surface area contributed by atoms with E-state index < -0.39 is 17.3 Å². The van der Waals surface area contributed by atoms with Crippen molar-refractivity contribution in [2.45, 2.75) is 24.2 Å². The van der Waals surface area contributed by atoms with Crippen LogP contribution in [0.15, 0.2) is 60.7 Å². The van der Waals surface area contributed by atoms with Crippen LogP contribution < -0.4 is 5.32 Å². The maximum Gasteiger partial charge on any atom is 0.312 e. The van der Waals surface area contributed by atoms with E-state index in [9.17, 15) is 14.7 Å². The summed E-state index contributed by atoms with van der Waals surface area (Å²) in [6.07, 6.45) is 1.18. The minimum atomic E-state index is -0.947. The molecule has 5 nitrogen and oxygen atoms in total. The fraction of sp³-hybridized carbons (Fsp3) is 0.333. The maximum absolute atomic E-state index is 13.1. The fourth-order valence-corrected chi connectivity index (χ4v) is 3.52. The number of ether oxygens (including phenoxy) is 1. The molecule has 0 radical (unpaired) electrons. The van der Waals surface area contributed by atoms with Crippen LogP contribution in [0, 0.1) is 0 Å². The second kappa shape index (κ2) is 8.15. The first-order valence-corrected chi connectivity index (χ1v) is 8.83. The highest BCUT2D eigenvalue weighted by molar-refractivity contribution is 5.89. The van der Waals surface area contributed by atoms with Gasteiger partial charge in [0.1, 0.15) is 0 Å². The predicted octanol–water partition coefficient (Wildman–Crippen LogP) is 2.72. The van der Waals surface area contributed by atoms with Crippen LogP contribution in [0.3, 0.4) is 0 Å². The van der Waals surface area contributed by atoms with E-state index in [4.69, 9.17) is 4.74 Å². The van der Waals surface area contributed by atoms with Crippen molar-refractivity contribution in [2.24, 2.45) is 0 Å². The Balaban J connectivity index is 1.79. The average Bonchev–Trinajstić information content (AvgIpc) is 2.70. The maximum atomic E-state index is 13.1. The van der Waals surface area contributed by atoms with Gasteiger partial charge in [0.15, 0.2) is 0 Å². The van der Waals surface area contributed by atoms with E-state index in [1.165, 1.54) is 0 Å². The van der Waals surface area contributed by atoms with Gasteiger partial charge < -0.3 is 15.2 Å². The molecule has 1 unspecified atom stereocenters. The molecule has 2 aromatic carbocycles. The summed E-state index contributed by atoms with van der Waals surface area (Å²) in [5, 5.41) is 12.5. The van der Waals surface area contributed by atoms with E-state index in [2.05, 4.69) is 5.32 Å². The van der Waals surface area contributed by atoms with Gasteiger partial charge in [0.25, 0.3) is 0 Å². The van der Waals surface area contributed by atoms with Gasteiger partial charge in [0, 0.05) is 19.8 Å². The Bertz CT molecular complexity index is 739. The molecule has 0 spiro atoms. The molecule has 1 amide bonds. The van der Waals surface area contributed by atoms with Crippen LogP contribution in [-0.4, -0.2) is 36.7 Å². The Kier molecular flexibility index (Phi) is 5.68. The van der Waals surface area contributed by atoms with Gasteiger partial charge >= 0.3 is 5.97 Å². The van der Waals surface area contributed by atoms with Crippen molar-refractivity contribution in [3.8, 4) is 0 Å². The Morgan fingerprint density at radius 3 is 2.15 bits per heavy atom. The molecule has 2 N–H and O–H groups in total. The SMILES string of the molecule is O=C(O)C(CNC(=O)C1(c2ccccc2)CCOCC1)c1ccccc1. The highest BCUT2D eigenvalue weighted by Gasteiger charge is 2.41. The third-order valence-electron chi connectivity index (χ3n) is 5.07. The lowest BCUT2D eigenvalue weighted by Crippen LogP contribution is -2.49. The Morgan fingerprint density at radius 2 is 1.58 bits per heavy atom. The Morgan fingerprint density at radius 1 is 1.00 bits per heavy atom. The van der Waals surface area contributed by atoms with Gasteiger partial charge in [0.2, 0.25) is 5.91 Å². The van der Waals surface area contributed by atoms with Crippen LogP contribution in [0.4, 0.5) is 0 Å². The normalized spacial score (nSPS) is 17.2. The lowest BCUT2D eigenvalue weighted by Gasteiger charge is -2.36. The standard InChI is InChI=1S/C21H23NO4/c23-19(24)18(16-7-3-1-4-8-16)15-22-20(25)21(11-13-26-14-12-21)17-9-5-2-6-10-17/h1-10,18H,11-15H2,(H,22,25)(H,23,24). The van der Waals surface area contributed by atoms with Gasteiger partial charge in [-0.2, -0.15) is 0 Å². The third-order valence-corrected chi connectivity index (χ3v) is 5.07. The van der Waals surface area contributed by atoms with Crippen LogP contribution in [0.25, 0.3) is 0 Å². The quantitative estimate of drug-likeness (QED) is 0.837. The van der Waals surface area contributed by atoms with E-state index in [-0.39, 0.29) is 12.5 Å². The third kappa shape index (κ3) is 3.78. The molecule has 0 aliphatic carbocycles. The number of nitrogens with one attached hydrogen (secondary N) is 1. The number of benzene rings is 2. The van der Waals surface area contributed by atoms with Gasteiger partial charge in [-0.15, -0.1) is 0 Å². The van der Waals surface area contributed by atoms with Crippen molar-refractivity contribution in [1.29, 1.82) is 0 Å². The molecule has 5 heteroatoms. The van der Waals surface area contributed by atoms with Crippen molar-refractivity contribution in [2.75, 3.05) is 19.8 Å². The first-order valence-electron chi connectivity index (χ1n) is 8.83. The summed E-state index contributed by atoms with van der Waals surface area (Å²) >= 11 is 0. The summed E-state index contributed by atoms with van der Waals surface area (Å²) in [6, 6.07) is 18.7. The van der Waals surface area contributed by atoms with Gasteiger partial charge in [0.05, 0.1) is 11.3 Å². The van der Waals surface area contributed by atoms with E-state index in [0.29, 0.717) is 31.6 Å². The zero-order valence-electron chi connectivity index (χ0n) is 14.6. The first kappa shape index (κ1) is 18.1. The molecule has 1 aliphatic heterocycles. The fourth-order valence-electron chi connectivity index (χ4n) is 3.52. The molecule has 0 bridgehead atoms. The summed E-state index contributed by atoms with van der Waals surface area (Å²) < 4.78 is 5.46. The monoisotopic (exact) mass is 353 g/mol. The topological polar surface area (TPSA) is 75.6 Å². The summed E-state index contributed by atoms with van der Waals surface area (Å²) in [5.41, 5.74) is 0.965. The molecule has 1 heterocycles. The van der Waals surface area contributed by atoms with Gasteiger partial charge in [-0.1, -0.05) is 60.7 Å². The first-order chi connectivity index (χ1) is 12.6. The van der Waals surface area contributed by atoms with Crippen molar-refractivity contribution in [3.05, 3.63) is 71.8 Å². The smallest absolute Gasteiger partial charge is 0.312 e. The van der Waals surface area contributed by atoms with Crippen LogP contribution >= 0.6 is 0 Å². The number of aliphatic carboxylic acids is 1. The molecule has 1 fully saturated rings. The van der Waals surface area contributed by atoms with Crippen LogP contribution in [0.2, 0.25) is 0 Å². The summed E-state index contributed by atoms with van der Waals surface area (Å²) in [4.78, 5) is 24.8. The minimum absolute atomic E-state index is 0.0631.